The molecule has 0 aliphatic rings. The van der Waals surface area contributed by atoms with Crippen LogP contribution in [0.5, 0.6) is 0 Å². The van der Waals surface area contributed by atoms with Crippen molar-refractivity contribution in [3.63, 3.8) is 0 Å². The first-order chi connectivity index (χ1) is 9.78. The fraction of sp³-hybridized carbons (Fsp3) is 0.214. The lowest BCUT2D eigenvalue weighted by molar-refractivity contribution is 0.177. The molecule has 102 valence electrons. The Hall–Kier alpha value is -2.05. The van der Waals surface area contributed by atoms with Crippen molar-refractivity contribution < 1.29 is 4.74 Å². The first-order valence-electron chi connectivity index (χ1n) is 6.14. The van der Waals surface area contributed by atoms with E-state index in [1.807, 2.05) is 23.6 Å². The van der Waals surface area contributed by atoms with E-state index in [0.29, 0.717) is 19.0 Å². The summed E-state index contributed by atoms with van der Waals surface area (Å²) in [4.78, 5) is 20.8. The smallest absolute Gasteiger partial charge is 0.259 e. The molecule has 20 heavy (non-hydrogen) atoms. The van der Waals surface area contributed by atoms with E-state index in [2.05, 4.69) is 9.97 Å². The molecule has 0 aliphatic carbocycles. The number of ether oxygens (including phenoxy) is 1. The zero-order valence-corrected chi connectivity index (χ0v) is 11.8. The minimum Gasteiger partial charge on any atom is -0.377 e. The average Bonchev–Trinajstić information content (AvgIpc) is 2.92. The third-order valence-electron chi connectivity index (χ3n) is 2.96. The van der Waals surface area contributed by atoms with Crippen LogP contribution >= 0.6 is 11.3 Å². The highest BCUT2D eigenvalue weighted by molar-refractivity contribution is 7.17. The fourth-order valence-corrected chi connectivity index (χ4v) is 2.81. The van der Waals surface area contributed by atoms with Crippen LogP contribution in [0.4, 0.5) is 0 Å². The van der Waals surface area contributed by atoms with Crippen molar-refractivity contribution >= 4 is 21.4 Å². The van der Waals surface area contributed by atoms with E-state index in [-0.39, 0.29) is 5.56 Å². The number of rotatable bonds is 4. The van der Waals surface area contributed by atoms with Crippen molar-refractivity contribution in [2.24, 2.45) is 0 Å². The minimum atomic E-state index is 0.00986. The molecule has 0 atom stereocenters. The number of nitrogens with zero attached hydrogens (tertiary/aromatic N) is 3. The molecule has 3 heterocycles. The molecule has 3 aromatic heterocycles. The highest BCUT2D eigenvalue weighted by Gasteiger charge is 2.06. The summed E-state index contributed by atoms with van der Waals surface area (Å²) in [5.41, 5.74) is 0.805. The van der Waals surface area contributed by atoms with Crippen LogP contribution in [0, 0.1) is 0 Å². The zero-order chi connectivity index (χ0) is 13.9. The highest BCUT2D eigenvalue weighted by atomic mass is 32.1. The molecule has 0 amide bonds. The number of methoxy groups -OCH3 is 1. The van der Waals surface area contributed by atoms with Crippen LogP contribution in [-0.2, 0) is 17.9 Å². The number of hydrogen-bond acceptors (Lipinski definition) is 5. The van der Waals surface area contributed by atoms with E-state index in [4.69, 9.17) is 4.74 Å². The van der Waals surface area contributed by atoms with Crippen LogP contribution in [0.2, 0.25) is 0 Å². The standard InChI is InChI=1S/C14H13N3O2S/c1-19-9-13-15-5-2-10(16-13)8-17-6-3-12-11(14(17)18)4-7-20-12/h2-7H,8-9H2,1H3. The SMILES string of the molecule is COCc1nccc(Cn2ccc3sccc3c2=O)n1. The van der Waals surface area contributed by atoms with Crippen molar-refractivity contribution in [3.8, 4) is 0 Å². The normalized spacial score (nSPS) is 11.1. The van der Waals surface area contributed by atoms with Gasteiger partial charge in [0.05, 0.1) is 17.6 Å². The summed E-state index contributed by atoms with van der Waals surface area (Å²) in [5.74, 6) is 0.620. The van der Waals surface area contributed by atoms with Gasteiger partial charge < -0.3 is 9.30 Å². The van der Waals surface area contributed by atoms with Gasteiger partial charge in [-0.2, -0.15) is 0 Å². The number of pyridine rings is 1. The monoisotopic (exact) mass is 287 g/mol. The van der Waals surface area contributed by atoms with E-state index in [1.165, 1.54) is 0 Å². The quantitative estimate of drug-likeness (QED) is 0.737. The highest BCUT2D eigenvalue weighted by Crippen LogP contribution is 2.16. The molecule has 0 unspecified atom stereocenters. The second-order valence-corrected chi connectivity index (χ2v) is 5.29. The fourth-order valence-electron chi connectivity index (χ4n) is 2.03. The maximum atomic E-state index is 12.3. The Labute approximate surface area is 119 Å². The Morgan fingerprint density at radius 2 is 2.25 bits per heavy atom. The zero-order valence-electron chi connectivity index (χ0n) is 10.9. The Balaban J connectivity index is 1.94. The minimum absolute atomic E-state index is 0.00986. The summed E-state index contributed by atoms with van der Waals surface area (Å²) >= 11 is 1.57. The van der Waals surface area contributed by atoms with Gasteiger partial charge in [-0.3, -0.25) is 4.79 Å². The van der Waals surface area contributed by atoms with E-state index >= 15 is 0 Å². The van der Waals surface area contributed by atoms with E-state index in [9.17, 15) is 4.79 Å². The molecule has 0 saturated heterocycles. The Kier molecular flexibility index (Phi) is 3.58. The van der Waals surface area contributed by atoms with Gasteiger partial charge in [-0.25, -0.2) is 9.97 Å². The molecule has 0 bridgehead atoms. The summed E-state index contributed by atoms with van der Waals surface area (Å²) < 4.78 is 7.68. The van der Waals surface area contributed by atoms with Crippen LogP contribution in [-0.4, -0.2) is 21.6 Å². The van der Waals surface area contributed by atoms with Gasteiger partial charge in [-0.05, 0) is 23.6 Å². The summed E-state index contributed by atoms with van der Waals surface area (Å²) in [5, 5.41) is 2.68. The van der Waals surface area contributed by atoms with Gasteiger partial charge in [-0.1, -0.05) is 0 Å². The second kappa shape index (κ2) is 5.52. The third-order valence-corrected chi connectivity index (χ3v) is 3.84. The maximum Gasteiger partial charge on any atom is 0.259 e. The van der Waals surface area contributed by atoms with Crippen molar-refractivity contribution in [1.29, 1.82) is 0 Å². The predicted octanol–water partition coefficient (Wildman–Crippen LogP) is 2.05. The van der Waals surface area contributed by atoms with Crippen LogP contribution in [0.15, 0.2) is 40.8 Å². The topological polar surface area (TPSA) is 57.0 Å². The van der Waals surface area contributed by atoms with E-state index in [0.717, 1.165) is 15.8 Å². The molecule has 3 aromatic rings. The molecule has 0 radical (unpaired) electrons. The average molecular weight is 287 g/mol. The molecule has 0 aliphatic heterocycles. The van der Waals surface area contributed by atoms with Gasteiger partial charge in [0.2, 0.25) is 0 Å². The number of thiophene rings is 1. The Bertz CT molecular complexity index is 794. The summed E-state index contributed by atoms with van der Waals surface area (Å²) in [6, 6.07) is 5.62. The Morgan fingerprint density at radius 1 is 1.35 bits per heavy atom. The van der Waals surface area contributed by atoms with Crippen LogP contribution in [0.25, 0.3) is 10.1 Å². The van der Waals surface area contributed by atoms with Crippen molar-refractivity contribution in [2.75, 3.05) is 7.11 Å². The first-order valence-corrected chi connectivity index (χ1v) is 7.02. The van der Waals surface area contributed by atoms with Crippen LogP contribution < -0.4 is 5.56 Å². The van der Waals surface area contributed by atoms with Crippen LogP contribution in [0.3, 0.4) is 0 Å². The third kappa shape index (κ3) is 2.48. The number of hydrogen-bond donors (Lipinski definition) is 0. The molecule has 6 heteroatoms. The van der Waals surface area contributed by atoms with E-state index < -0.39 is 0 Å². The van der Waals surface area contributed by atoms with Gasteiger partial charge in [0.25, 0.3) is 5.56 Å². The van der Waals surface area contributed by atoms with Crippen molar-refractivity contribution in [1.82, 2.24) is 14.5 Å². The maximum absolute atomic E-state index is 12.3. The number of fused-ring (bicyclic) bond motifs is 1. The lowest BCUT2D eigenvalue weighted by atomic mass is 10.3. The van der Waals surface area contributed by atoms with Gasteiger partial charge in [0, 0.05) is 24.2 Å². The second-order valence-electron chi connectivity index (χ2n) is 4.34. The van der Waals surface area contributed by atoms with Gasteiger partial charge >= 0.3 is 0 Å². The number of aromatic nitrogens is 3. The van der Waals surface area contributed by atoms with Gasteiger partial charge in [0.1, 0.15) is 6.61 Å². The van der Waals surface area contributed by atoms with Crippen LogP contribution in [0.1, 0.15) is 11.5 Å². The summed E-state index contributed by atoms with van der Waals surface area (Å²) in [6.45, 7) is 0.802. The largest absolute Gasteiger partial charge is 0.377 e. The van der Waals surface area contributed by atoms with Crippen molar-refractivity contribution in [2.45, 2.75) is 13.2 Å². The van der Waals surface area contributed by atoms with Gasteiger partial charge in [-0.15, -0.1) is 11.3 Å². The predicted molar refractivity (Wildman–Crippen MR) is 77.9 cm³/mol. The molecule has 0 N–H and O–H groups in total. The van der Waals surface area contributed by atoms with Gasteiger partial charge in [0.15, 0.2) is 5.82 Å². The Morgan fingerprint density at radius 3 is 3.10 bits per heavy atom. The summed E-state index contributed by atoms with van der Waals surface area (Å²) in [7, 11) is 1.60. The molecular weight excluding hydrogens is 274 g/mol. The summed E-state index contributed by atoms with van der Waals surface area (Å²) in [6.07, 6.45) is 3.49. The lowest BCUT2D eigenvalue weighted by Gasteiger charge is -2.06. The molecule has 0 aromatic carbocycles. The lowest BCUT2D eigenvalue weighted by Crippen LogP contribution is -2.20. The molecule has 5 nitrogen and oxygen atoms in total. The molecular formula is C14H13N3O2S. The molecule has 3 rings (SSSR count). The molecule has 0 fully saturated rings. The van der Waals surface area contributed by atoms with Crippen molar-refractivity contribution in [3.05, 3.63) is 57.8 Å². The molecule has 0 spiro atoms. The first kappa shape index (κ1) is 13.0. The van der Waals surface area contributed by atoms with E-state index in [1.54, 1.807) is 35.4 Å². The molecule has 0 saturated carbocycles.